The third-order valence-corrected chi connectivity index (χ3v) is 8.53. The van der Waals surface area contributed by atoms with Gasteiger partial charge in [-0.25, -0.2) is 9.78 Å². The van der Waals surface area contributed by atoms with Crippen LogP contribution in [0, 0.1) is 6.92 Å². The van der Waals surface area contributed by atoms with Crippen molar-refractivity contribution < 1.29 is 19.1 Å². The molecule has 0 unspecified atom stereocenters. The molecule has 4 aromatic rings. The molecule has 3 heterocycles. The highest BCUT2D eigenvalue weighted by molar-refractivity contribution is 7.21. The van der Waals surface area contributed by atoms with Gasteiger partial charge in [0.2, 0.25) is 5.91 Å². The second-order valence-corrected chi connectivity index (χ2v) is 11.2. The highest BCUT2D eigenvalue weighted by Gasteiger charge is 2.34. The fraction of sp³-hybridized carbons (Fsp3) is 0.226. The maximum absolute atomic E-state index is 13.5. The van der Waals surface area contributed by atoms with E-state index in [0.717, 1.165) is 42.4 Å². The minimum Gasteiger partial charge on any atom is -0.457 e. The lowest BCUT2D eigenvalue weighted by Crippen LogP contribution is -2.43. The van der Waals surface area contributed by atoms with E-state index in [4.69, 9.17) is 4.74 Å². The molecule has 6 rings (SSSR count). The molecule has 10 heteroatoms. The quantitative estimate of drug-likeness (QED) is 0.223. The molecule has 1 aliphatic heterocycles. The average Bonchev–Trinajstić information content (AvgIpc) is 3.35. The molecule has 0 saturated heterocycles. The van der Waals surface area contributed by atoms with Gasteiger partial charge in [0, 0.05) is 18.3 Å². The maximum Gasteiger partial charge on any atom is 0.331 e. The number of nitrogens with one attached hydrogen (secondary N) is 3. The molecule has 1 aliphatic carbocycles. The molecule has 41 heavy (non-hydrogen) atoms. The third-order valence-electron chi connectivity index (χ3n) is 7.43. The molecule has 0 spiro atoms. The van der Waals surface area contributed by atoms with E-state index in [1.807, 2.05) is 55.5 Å². The van der Waals surface area contributed by atoms with E-state index in [2.05, 4.69) is 27.5 Å². The number of carbonyl (C=O) groups excluding carboxylic acids is 3. The number of ether oxygens (including phenoxy) is 1. The van der Waals surface area contributed by atoms with Crippen LogP contribution >= 0.6 is 11.3 Å². The molecule has 1 saturated carbocycles. The average molecular weight is 568 g/mol. The van der Waals surface area contributed by atoms with E-state index in [-0.39, 0.29) is 29.9 Å². The summed E-state index contributed by atoms with van der Waals surface area (Å²) >= 11 is 1.27. The second-order valence-electron chi connectivity index (χ2n) is 10.2. The molecule has 9 nitrogen and oxygen atoms in total. The van der Waals surface area contributed by atoms with Crippen molar-refractivity contribution in [2.24, 2.45) is 0 Å². The molecule has 1 fully saturated rings. The van der Waals surface area contributed by atoms with Crippen molar-refractivity contribution in [3.63, 3.8) is 0 Å². The molecule has 2 aliphatic rings. The summed E-state index contributed by atoms with van der Waals surface area (Å²) in [5.74, 6) is 0.982. The molecule has 0 radical (unpaired) electrons. The van der Waals surface area contributed by atoms with E-state index < -0.39 is 0 Å². The highest BCUT2D eigenvalue weighted by Crippen LogP contribution is 2.46. The number of aromatic nitrogens is 1. The predicted octanol–water partition coefficient (Wildman–Crippen LogP) is 6.42. The molecule has 208 valence electrons. The molecular weight excluding hydrogens is 538 g/mol. The lowest BCUT2D eigenvalue weighted by atomic mass is 9.91. The minimum atomic E-state index is -0.351. The molecular formula is C31H29N5O4S. The number of para-hydroxylation sites is 1. The number of hydrogen-bond donors (Lipinski definition) is 3. The minimum absolute atomic E-state index is 0.0146. The van der Waals surface area contributed by atoms with Gasteiger partial charge in [-0.05, 0) is 80.6 Å². The molecule has 4 amide bonds. The van der Waals surface area contributed by atoms with Crippen LogP contribution in [0.3, 0.4) is 0 Å². The Kier molecular flexibility index (Phi) is 7.15. The first-order valence-electron chi connectivity index (χ1n) is 13.5. The van der Waals surface area contributed by atoms with Crippen LogP contribution in [0.15, 0.2) is 73.4 Å². The topological polar surface area (TPSA) is 113 Å². The number of pyridine rings is 1. The first kappa shape index (κ1) is 26.5. The predicted molar refractivity (Wildman–Crippen MR) is 160 cm³/mol. The van der Waals surface area contributed by atoms with Crippen molar-refractivity contribution in [3.05, 3.63) is 83.9 Å². The van der Waals surface area contributed by atoms with Gasteiger partial charge >= 0.3 is 6.03 Å². The summed E-state index contributed by atoms with van der Waals surface area (Å²) in [5, 5.41) is 9.76. The molecule has 0 bridgehead atoms. The van der Waals surface area contributed by atoms with Crippen LogP contribution in [0.25, 0.3) is 10.2 Å². The van der Waals surface area contributed by atoms with Crippen LogP contribution < -0.4 is 25.6 Å². The van der Waals surface area contributed by atoms with Crippen LogP contribution in [0.2, 0.25) is 0 Å². The second kappa shape index (κ2) is 11.1. The number of amides is 4. The summed E-state index contributed by atoms with van der Waals surface area (Å²) in [6.07, 6.45) is 5.98. The lowest BCUT2D eigenvalue weighted by molar-refractivity contribution is -0.117. The van der Waals surface area contributed by atoms with Gasteiger partial charge in [-0.3, -0.25) is 14.5 Å². The standard InChI is InChI=1S/C31H29N5O4S/c1-3-25(37)33-19-9-11-20(12-10-19)34-29(38)28-27-26-24(15-16-32-30(26)41-28)36(31(39)35-27)23-14-13-22(17-18(23)2)40-21-7-5-4-6-8-21/h3-8,13-17,19-20H,1,9-12H2,2H3,(H,33,37)(H,34,38)(H,35,39)/t19-,20-. The van der Waals surface area contributed by atoms with Crippen LogP contribution in [0.5, 0.6) is 11.5 Å². The van der Waals surface area contributed by atoms with E-state index in [0.29, 0.717) is 32.5 Å². The summed E-state index contributed by atoms with van der Waals surface area (Å²) < 4.78 is 5.97. The largest absolute Gasteiger partial charge is 0.457 e. The van der Waals surface area contributed by atoms with Gasteiger partial charge in [0.1, 0.15) is 21.2 Å². The third kappa shape index (κ3) is 5.26. The Hall–Kier alpha value is -4.70. The number of hydrogen-bond acceptors (Lipinski definition) is 6. The Labute approximate surface area is 241 Å². The Bertz CT molecular complexity index is 1660. The highest BCUT2D eigenvalue weighted by atomic mass is 32.1. The zero-order valence-electron chi connectivity index (χ0n) is 22.5. The van der Waals surface area contributed by atoms with Crippen LogP contribution in [0.4, 0.5) is 21.9 Å². The van der Waals surface area contributed by atoms with Crippen molar-refractivity contribution in [1.82, 2.24) is 15.6 Å². The van der Waals surface area contributed by atoms with Gasteiger partial charge in [0.15, 0.2) is 0 Å². The van der Waals surface area contributed by atoms with Crippen molar-refractivity contribution in [2.75, 3.05) is 10.2 Å². The summed E-state index contributed by atoms with van der Waals surface area (Å²) in [6.45, 7) is 5.43. The number of benzene rings is 2. The molecule has 2 aromatic heterocycles. The van der Waals surface area contributed by atoms with Crippen molar-refractivity contribution in [3.8, 4) is 11.5 Å². The van der Waals surface area contributed by atoms with E-state index >= 15 is 0 Å². The summed E-state index contributed by atoms with van der Waals surface area (Å²) in [4.78, 5) is 45.8. The number of nitrogens with zero attached hydrogens (tertiary/aromatic N) is 2. The first-order valence-corrected chi connectivity index (χ1v) is 14.3. The monoisotopic (exact) mass is 567 g/mol. The molecule has 0 atom stereocenters. The van der Waals surface area contributed by atoms with Gasteiger partial charge in [-0.15, -0.1) is 11.3 Å². The Morgan fingerprint density at radius 3 is 2.46 bits per heavy atom. The number of thiophene rings is 1. The summed E-state index contributed by atoms with van der Waals surface area (Å²) in [6, 6.07) is 16.6. The fourth-order valence-electron chi connectivity index (χ4n) is 5.44. The number of carbonyl (C=O) groups is 3. The Morgan fingerprint density at radius 1 is 1.02 bits per heavy atom. The number of urea groups is 1. The number of anilines is 3. The van der Waals surface area contributed by atoms with E-state index in [1.165, 1.54) is 17.4 Å². The number of aryl methyl sites for hydroxylation is 1. The summed E-state index contributed by atoms with van der Waals surface area (Å²) in [5.41, 5.74) is 2.72. The van der Waals surface area contributed by atoms with Crippen LogP contribution in [-0.4, -0.2) is 34.9 Å². The Morgan fingerprint density at radius 2 is 1.76 bits per heavy atom. The number of rotatable bonds is 7. The molecule has 3 N–H and O–H groups in total. The van der Waals surface area contributed by atoms with Crippen molar-refractivity contribution in [1.29, 1.82) is 0 Å². The van der Waals surface area contributed by atoms with Crippen molar-refractivity contribution in [2.45, 2.75) is 44.7 Å². The maximum atomic E-state index is 13.5. The van der Waals surface area contributed by atoms with Gasteiger partial charge in [-0.1, -0.05) is 24.8 Å². The molecule has 2 aromatic carbocycles. The zero-order valence-corrected chi connectivity index (χ0v) is 23.3. The van der Waals surface area contributed by atoms with Crippen LogP contribution in [-0.2, 0) is 4.79 Å². The van der Waals surface area contributed by atoms with E-state index in [1.54, 1.807) is 17.2 Å². The zero-order chi connectivity index (χ0) is 28.5. The van der Waals surface area contributed by atoms with Gasteiger partial charge < -0.3 is 20.7 Å². The van der Waals surface area contributed by atoms with Crippen LogP contribution in [0.1, 0.15) is 40.9 Å². The SMILES string of the molecule is C=CC(=O)N[C@H]1CC[C@H](NC(=O)c2sc3nccc4c3c2NC(=O)N4c2ccc(Oc3ccccc3)cc2C)CC1. The smallest absolute Gasteiger partial charge is 0.331 e. The first-order chi connectivity index (χ1) is 19.9. The normalized spacial score (nSPS) is 18.0. The summed E-state index contributed by atoms with van der Waals surface area (Å²) in [7, 11) is 0. The lowest BCUT2D eigenvalue weighted by Gasteiger charge is -2.30. The Balaban J connectivity index is 1.24. The van der Waals surface area contributed by atoms with E-state index in [9.17, 15) is 14.4 Å². The van der Waals surface area contributed by atoms with Crippen molar-refractivity contribution >= 4 is 56.5 Å². The van der Waals surface area contributed by atoms with Gasteiger partial charge in [0.05, 0.1) is 22.4 Å². The van der Waals surface area contributed by atoms with Gasteiger partial charge in [-0.2, -0.15) is 0 Å². The fourth-order valence-corrected chi connectivity index (χ4v) is 6.47. The van der Waals surface area contributed by atoms with Gasteiger partial charge in [0.25, 0.3) is 5.91 Å².